The normalized spacial score (nSPS) is 27.2. The quantitative estimate of drug-likeness (QED) is 0.854. The number of carbonyl (C=O) groups is 1. The van der Waals surface area contributed by atoms with E-state index in [1.54, 1.807) is 0 Å². The molecule has 0 aromatic carbocycles. The lowest BCUT2D eigenvalue weighted by atomic mass is 10.0. The summed E-state index contributed by atoms with van der Waals surface area (Å²) in [5.74, 6) is 0.658. The van der Waals surface area contributed by atoms with E-state index < -0.39 is 0 Å². The molecule has 1 atom stereocenters. The molecule has 2 rings (SSSR count). The average molecular weight is 270 g/mol. The van der Waals surface area contributed by atoms with Crippen LogP contribution >= 0.6 is 11.8 Å². The first-order valence-corrected chi connectivity index (χ1v) is 8.46. The molecule has 1 saturated carbocycles. The number of urea groups is 1. The van der Waals surface area contributed by atoms with E-state index in [2.05, 4.69) is 18.5 Å². The summed E-state index contributed by atoms with van der Waals surface area (Å²) in [6.45, 7) is 4.94. The van der Waals surface area contributed by atoms with Gasteiger partial charge in [-0.3, -0.25) is 0 Å². The maximum Gasteiger partial charge on any atom is 0.317 e. The Morgan fingerprint density at radius 2 is 2.11 bits per heavy atom. The van der Waals surface area contributed by atoms with Gasteiger partial charge in [0.1, 0.15) is 0 Å². The van der Waals surface area contributed by atoms with Crippen LogP contribution in [0.15, 0.2) is 0 Å². The molecule has 104 valence electrons. The minimum absolute atomic E-state index is 0.155. The molecule has 1 saturated heterocycles. The smallest absolute Gasteiger partial charge is 0.317 e. The van der Waals surface area contributed by atoms with Crippen molar-refractivity contribution >= 4 is 17.8 Å². The number of amides is 2. The molecule has 2 aliphatic rings. The number of piperidine rings is 1. The zero-order valence-corrected chi connectivity index (χ0v) is 12.5. The second-order valence-corrected chi connectivity index (χ2v) is 7.22. The van der Waals surface area contributed by atoms with Gasteiger partial charge >= 0.3 is 6.03 Å². The Labute approximate surface area is 115 Å². The van der Waals surface area contributed by atoms with Crippen molar-refractivity contribution in [3.63, 3.8) is 0 Å². The highest BCUT2D eigenvalue weighted by Crippen LogP contribution is 2.39. The molecule has 0 aromatic rings. The van der Waals surface area contributed by atoms with Crippen LogP contribution in [0, 0.1) is 5.92 Å². The van der Waals surface area contributed by atoms with Gasteiger partial charge in [-0.1, -0.05) is 19.8 Å². The Hall–Kier alpha value is -0.380. The molecule has 0 radical (unpaired) electrons. The molecule has 1 unspecified atom stereocenters. The van der Waals surface area contributed by atoms with E-state index in [9.17, 15) is 4.79 Å². The lowest BCUT2D eigenvalue weighted by molar-refractivity contribution is 0.169. The van der Waals surface area contributed by atoms with Crippen LogP contribution in [0.4, 0.5) is 4.79 Å². The first kappa shape index (κ1) is 14.0. The maximum atomic E-state index is 12.2. The van der Waals surface area contributed by atoms with Gasteiger partial charge in [0, 0.05) is 24.4 Å². The predicted molar refractivity (Wildman–Crippen MR) is 78.1 cm³/mol. The number of hydrogen-bond acceptors (Lipinski definition) is 2. The second kappa shape index (κ2) is 6.18. The molecule has 0 bridgehead atoms. The summed E-state index contributed by atoms with van der Waals surface area (Å²) < 4.78 is 0.317. The fraction of sp³-hybridized carbons (Fsp3) is 0.929. The van der Waals surface area contributed by atoms with E-state index in [-0.39, 0.29) is 6.03 Å². The molecular weight excluding hydrogens is 244 g/mol. The molecule has 2 amide bonds. The molecule has 0 spiro atoms. The number of hydrogen-bond donors (Lipinski definition) is 1. The van der Waals surface area contributed by atoms with Crippen LogP contribution in [0.5, 0.6) is 0 Å². The molecule has 3 nitrogen and oxygen atoms in total. The van der Waals surface area contributed by atoms with Gasteiger partial charge in [0.05, 0.1) is 0 Å². The highest BCUT2D eigenvalue weighted by atomic mass is 32.2. The van der Waals surface area contributed by atoms with Gasteiger partial charge in [0.2, 0.25) is 0 Å². The zero-order valence-electron chi connectivity index (χ0n) is 11.7. The average Bonchev–Trinajstić information content (AvgIpc) is 2.85. The van der Waals surface area contributed by atoms with Crippen molar-refractivity contribution in [1.29, 1.82) is 0 Å². The Kier molecular flexibility index (Phi) is 4.82. The zero-order chi connectivity index (χ0) is 13.0. The van der Waals surface area contributed by atoms with Gasteiger partial charge < -0.3 is 10.2 Å². The highest BCUT2D eigenvalue weighted by Gasteiger charge is 2.33. The fourth-order valence-electron chi connectivity index (χ4n) is 3.19. The Morgan fingerprint density at radius 3 is 2.72 bits per heavy atom. The largest absolute Gasteiger partial charge is 0.337 e. The van der Waals surface area contributed by atoms with Crippen molar-refractivity contribution in [2.45, 2.75) is 50.2 Å². The number of likely N-dealkylation sites (tertiary alicyclic amines) is 1. The SMILES string of the molecule is CSC1(CNC(=O)N2CCCC(C)C2)CCCC1. The topological polar surface area (TPSA) is 32.3 Å². The molecule has 1 aliphatic heterocycles. The second-order valence-electron chi connectivity index (χ2n) is 5.95. The van der Waals surface area contributed by atoms with Crippen molar-refractivity contribution in [1.82, 2.24) is 10.2 Å². The first-order chi connectivity index (χ1) is 8.65. The van der Waals surface area contributed by atoms with E-state index in [1.807, 2.05) is 16.7 Å². The number of rotatable bonds is 3. The van der Waals surface area contributed by atoms with Crippen LogP contribution in [0.25, 0.3) is 0 Å². The third-order valence-electron chi connectivity index (χ3n) is 4.45. The van der Waals surface area contributed by atoms with Crippen LogP contribution in [-0.4, -0.2) is 41.6 Å². The number of carbonyl (C=O) groups excluding carboxylic acids is 1. The molecule has 4 heteroatoms. The van der Waals surface area contributed by atoms with Crippen molar-refractivity contribution in [2.24, 2.45) is 5.92 Å². The minimum Gasteiger partial charge on any atom is -0.337 e. The summed E-state index contributed by atoms with van der Waals surface area (Å²) in [7, 11) is 0. The van der Waals surface area contributed by atoms with Gasteiger partial charge in [-0.15, -0.1) is 0 Å². The van der Waals surface area contributed by atoms with Crippen molar-refractivity contribution in [3.8, 4) is 0 Å². The molecular formula is C14H26N2OS. The van der Waals surface area contributed by atoms with E-state index in [4.69, 9.17) is 0 Å². The Bertz CT molecular complexity index is 290. The molecule has 1 aliphatic carbocycles. The molecule has 1 N–H and O–H groups in total. The summed E-state index contributed by atoms with van der Waals surface area (Å²) >= 11 is 1.94. The Morgan fingerprint density at radius 1 is 1.39 bits per heavy atom. The number of nitrogens with one attached hydrogen (secondary N) is 1. The van der Waals surface area contributed by atoms with Crippen LogP contribution in [0.1, 0.15) is 45.4 Å². The van der Waals surface area contributed by atoms with Gasteiger partial charge in [-0.2, -0.15) is 11.8 Å². The third kappa shape index (κ3) is 3.34. The molecule has 0 aromatic heterocycles. The predicted octanol–water partition coefficient (Wildman–Crippen LogP) is 3.10. The van der Waals surface area contributed by atoms with E-state index in [1.165, 1.54) is 32.1 Å². The van der Waals surface area contributed by atoms with Crippen LogP contribution in [0.2, 0.25) is 0 Å². The third-order valence-corrected chi connectivity index (χ3v) is 5.87. The Balaban J connectivity index is 1.80. The van der Waals surface area contributed by atoms with E-state index >= 15 is 0 Å². The van der Waals surface area contributed by atoms with Crippen LogP contribution in [0.3, 0.4) is 0 Å². The molecule has 2 fully saturated rings. The summed E-state index contributed by atoms with van der Waals surface area (Å²) in [5.41, 5.74) is 0. The van der Waals surface area contributed by atoms with Crippen molar-refractivity contribution < 1.29 is 4.79 Å². The van der Waals surface area contributed by atoms with Crippen LogP contribution < -0.4 is 5.32 Å². The van der Waals surface area contributed by atoms with Crippen molar-refractivity contribution in [2.75, 3.05) is 25.9 Å². The monoisotopic (exact) mass is 270 g/mol. The van der Waals surface area contributed by atoms with Gasteiger partial charge in [-0.25, -0.2) is 4.79 Å². The van der Waals surface area contributed by atoms with Gasteiger partial charge in [-0.05, 0) is 37.9 Å². The first-order valence-electron chi connectivity index (χ1n) is 7.23. The lowest BCUT2D eigenvalue weighted by Crippen LogP contribution is -2.48. The van der Waals surface area contributed by atoms with E-state index in [0.29, 0.717) is 10.7 Å². The van der Waals surface area contributed by atoms with Crippen LogP contribution in [-0.2, 0) is 0 Å². The summed E-state index contributed by atoms with van der Waals surface area (Å²) in [6.07, 6.45) is 9.74. The number of thioether (sulfide) groups is 1. The minimum atomic E-state index is 0.155. The highest BCUT2D eigenvalue weighted by molar-refractivity contribution is 8.00. The van der Waals surface area contributed by atoms with Gasteiger partial charge in [0.25, 0.3) is 0 Å². The number of nitrogens with zero attached hydrogens (tertiary/aromatic N) is 1. The molecule has 18 heavy (non-hydrogen) atoms. The summed E-state index contributed by atoms with van der Waals surface area (Å²) in [5, 5.41) is 3.17. The fourth-order valence-corrected chi connectivity index (χ4v) is 4.11. The van der Waals surface area contributed by atoms with Gasteiger partial charge in [0.15, 0.2) is 0 Å². The molecule has 1 heterocycles. The lowest BCUT2D eigenvalue weighted by Gasteiger charge is -2.33. The van der Waals surface area contributed by atoms with E-state index in [0.717, 1.165) is 26.1 Å². The standard InChI is InChI=1S/C14H26N2OS/c1-12-6-5-9-16(10-12)13(17)15-11-14(18-2)7-3-4-8-14/h12H,3-11H2,1-2H3,(H,15,17). The maximum absolute atomic E-state index is 12.2. The van der Waals surface area contributed by atoms with Crippen molar-refractivity contribution in [3.05, 3.63) is 0 Å². The summed E-state index contributed by atoms with van der Waals surface area (Å²) in [4.78, 5) is 14.2. The summed E-state index contributed by atoms with van der Waals surface area (Å²) in [6, 6.07) is 0.155.